The van der Waals surface area contributed by atoms with E-state index >= 15 is 0 Å². The van der Waals surface area contributed by atoms with E-state index < -0.39 is 10.0 Å². The van der Waals surface area contributed by atoms with Gasteiger partial charge in [0.15, 0.2) is 0 Å². The number of hydrogen-bond donors (Lipinski definition) is 1. The molecule has 3 aliphatic heterocycles. The summed E-state index contributed by atoms with van der Waals surface area (Å²) in [5.41, 5.74) is 4.35. The molecule has 3 aliphatic rings. The number of nitrogens with one attached hydrogen (secondary N) is 1. The van der Waals surface area contributed by atoms with E-state index in [0.717, 1.165) is 87.2 Å². The SMILES string of the molecule is CS(=O)(=O)N1CCc2c(c(-c3ccc(Cl)c(C#Cc4nnc5n4CCNC5)c3)nn2CCCN2CCOCC2)C1. The van der Waals surface area contributed by atoms with E-state index in [2.05, 4.69) is 36.9 Å². The summed E-state index contributed by atoms with van der Waals surface area (Å²) in [6, 6.07) is 5.69. The highest BCUT2D eigenvalue weighted by Crippen LogP contribution is 2.33. The molecular weight excluding hydrogens is 552 g/mol. The maximum absolute atomic E-state index is 12.4. The number of aryl methyl sites for hydroxylation is 1. The standard InChI is InChI=1S/C27H33ClN8O3S/c1-40(37,38)34-11-7-24-22(19-34)27(32-36(24)10-2-9-33-13-15-39-16-14-33)21-3-5-23(28)20(17-21)4-6-25-30-31-26-18-29-8-12-35(25)26/h3,5,17,29H,2,7-16,18-19H2,1H3. The fourth-order valence-corrected chi connectivity index (χ4v) is 6.46. The molecule has 0 amide bonds. The zero-order valence-electron chi connectivity index (χ0n) is 22.6. The molecule has 0 atom stereocenters. The zero-order chi connectivity index (χ0) is 27.7. The Morgan fingerprint density at radius 3 is 2.77 bits per heavy atom. The topological polar surface area (TPSA) is 110 Å². The lowest BCUT2D eigenvalue weighted by atomic mass is 10.0. The molecule has 0 spiro atoms. The molecule has 11 nitrogen and oxygen atoms in total. The molecule has 3 aromatic rings. The van der Waals surface area contributed by atoms with Crippen molar-refractivity contribution in [3.05, 3.63) is 51.7 Å². The van der Waals surface area contributed by atoms with Crippen LogP contribution in [0.2, 0.25) is 5.02 Å². The molecule has 5 heterocycles. The van der Waals surface area contributed by atoms with Gasteiger partial charge in [-0.25, -0.2) is 8.42 Å². The minimum absolute atomic E-state index is 0.302. The van der Waals surface area contributed by atoms with Gasteiger partial charge in [0.1, 0.15) is 5.82 Å². The lowest BCUT2D eigenvalue weighted by Crippen LogP contribution is -2.37. The van der Waals surface area contributed by atoms with E-state index in [0.29, 0.717) is 42.5 Å². The summed E-state index contributed by atoms with van der Waals surface area (Å²) in [5.74, 6) is 7.81. The molecular formula is C27H33ClN8O3S. The number of benzene rings is 1. The van der Waals surface area contributed by atoms with E-state index in [9.17, 15) is 8.42 Å². The predicted octanol–water partition coefficient (Wildman–Crippen LogP) is 1.34. The van der Waals surface area contributed by atoms with Gasteiger partial charge in [0.25, 0.3) is 0 Å². The summed E-state index contributed by atoms with van der Waals surface area (Å²) in [6.07, 6.45) is 2.85. The number of halogens is 1. The molecule has 0 bridgehead atoms. The molecule has 0 saturated carbocycles. The number of morpholine rings is 1. The van der Waals surface area contributed by atoms with Crippen LogP contribution >= 0.6 is 11.6 Å². The molecule has 1 aromatic carbocycles. The van der Waals surface area contributed by atoms with Crippen molar-refractivity contribution in [3.8, 4) is 23.1 Å². The first-order valence-electron chi connectivity index (χ1n) is 13.7. The molecule has 0 aliphatic carbocycles. The Labute approximate surface area is 239 Å². The summed E-state index contributed by atoms with van der Waals surface area (Å²) in [7, 11) is -3.33. The predicted molar refractivity (Wildman–Crippen MR) is 151 cm³/mol. The first kappa shape index (κ1) is 27.4. The van der Waals surface area contributed by atoms with Gasteiger partial charge in [-0.1, -0.05) is 23.6 Å². The number of hydrogen-bond acceptors (Lipinski definition) is 8. The number of ether oxygens (including phenoxy) is 1. The van der Waals surface area contributed by atoms with Crippen molar-refractivity contribution < 1.29 is 13.2 Å². The van der Waals surface area contributed by atoms with Crippen LogP contribution in [0.5, 0.6) is 0 Å². The van der Waals surface area contributed by atoms with Gasteiger partial charge in [0, 0.05) is 81.2 Å². The van der Waals surface area contributed by atoms with Crippen molar-refractivity contribution in [2.24, 2.45) is 0 Å². The van der Waals surface area contributed by atoms with Crippen LogP contribution in [0.15, 0.2) is 18.2 Å². The maximum atomic E-state index is 12.4. The monoisotopic (exact) mass is 584 g/mol. The third kappa shape index (κ3) is 5.81. The molecule has 2 aromatic heterocycles. The lowest BCUT2D eigenvalue weighted by molar-refractivity contribution is 0.0368. The highest BCUT2D eigenvalue weighted by molar-refractivity contribution is 7.88. The van der Waals surface area contributed by atoms with Crippen LogP contribution in [0.1, 0.15) is 34.9 Å². The highest BCUT2D eigenvalue weighted by atomic mass is 35.5. The average Bonchev–Trinajstić information content (AvgIpc) is 3.54. The number of rotatable bonds is 6. The summed E-state index contributed by atoms with van der Waals surface area (Å²) in [5, 5.41) is 17.3. The Morgan fingerprint density at radius 2 is 1.95 bits per heavy atom. The van der Waals surface area contributed by atoms with Crippen LogP contribution in [0, 0.1) is 11.8 Å². The maximum Gasteiger partial charge on any atom is 0.211 e. The molecule has 13 heteroatoms. The Balaban J connectivity index is 1.30. The average molecular weight is 585 g/mol. The van der Waals surface area contributed by atoms with Gasteiger partial charge >= 0.3 is 0 Å². The van der Waals surface area contributed by atoms with E-state index in [-0.39, 0.29) is 0 Å². The minimum Gasteiger partial charge on any atom is -0.379 e. The third-order valence-electron chi connectivity index (χ3n) is 7.69. The van der Waals surface area contributed by atoms with Crippen molar-refractivity contribution in [2.45, 2.75) is 39.0 Å². The lowest BCUT2D eigenvalue weighted by Gasteiger charge is -2.27. The second kappa shape index (κ2) is 11.6. The second-order valence-corrected chi connectivity index (χ2v) is 12.8. The molecule has 40 heavy (non-hydrogen) atoms. The van der Waals surface area contributed by atoms with Crippen LogP contribution in [0.4, 0.5) is 0 Å². The molecule has 0 unspecified atom stereocenters. The first-order valence-corrected chi connectivity index (χ1v) is 15.9. The second-order valence-electron chi connectivity index (χ2n) is 10.4. The Bertz CT molecular complexity index is 1570. The van der Waals surface area contributed by atoms with Crippen molar-refractivity contribution >= 4 is 21.6 Å². The number of fused-ring (bicyclic) bond motifs is 2. The molecule has 0 radical (unpaired) electrons. The van der Waals surface area contributed by atoms with Gasteiger partial charge in [-0.15, -0.1) is 10.2 Å². The summed E-state index contributed by atoms with van der Waals surface area (Å²) >= 11 is 6.56. The smallest absolute Gasteiger partial charge is 0.211 e. The summed E-state index contributed by atoms with van der Waals surface area (Å²) in [6.45, 7) is 8.26. The third-order valence-corrected chi connectivity index (χ3v) is 9.27. The number of nitrogens with zero attached hydrogens (tertiary/aromatic N) is 7. The summed E-state index contributed by atoms with van der Waals surface area (Å²) in [4.78, 5) is 2.42. The largest absolute Gasteiger partial charge is 0.379 e. The fourth-order valence-electron chi connectivity index (χ4n) is 5.51. The van der Waals surface area contributed by atoms with E-state index in [4.69, 9.17) is 21.4 Å². The Kier molecular flexibility index (Phi) is 7.94. The molecule has 1 saturated heterocycles. The molecule has 1 N–H and O–H groups in total. The number of aromatic nitrogens is 5. The van der Waals surface area contributed by atoms with Crippen LogP contribution < -0.4 is 5.32 Å². The van der Waals surface area contributed by atoms with Crippen molar-refractivity contribution in [1.29, 1.82) is 0 Å². The van der Waals surface area contributed by atoms with Crippen LogP contribution in [0.25, 0.3) is 11.3 Å². The molecule has 212 valence electrons. The normalized spacial score (nSPS) is 18.1. The van der Waals surface area contributed by atoms with Crippen molar-refractivity contribution in [3.63, 3.8) is 0 Å². The fraction of sp³-hybridized carbons (Fsp3) is 0.519. The van der Waals surface area contributed by atoms with Crippen molar-refractivity contribution in [2.75, 3.05) is 52.2 Å². The number of sulfonamides is 1. The quantitative estimate of drug-likeness (QED) is 0.432. The van der Waals surface area contributed by atoms with Gasteiger partial charge in [-0.2, -0.15) is 9.40 Å². The van der Waals surface area contributed by atoms with E-state index in [1.165, 1.54) is 10.6 Å². The zero-order valence-corrected chi connectivity index (χ0v) is 24.1. The van der Waals surface area contributed by atoms with Gasteiger partial charge in [0.2, 0.25) is 15.8 Å². The van der Waals surface area contributed by atoms with E-state index in [1.54, 1.807) is 0 Å². The minimum atomic E-state index is -3.33. The Hall–Kier alpha value is -2.79. The van der Waals surface area contributed by atoms with Crippen LogP contribution in [0.3, 0.4) is 0 Å². The van der Waals surface area contributed by atoms with Gasteiger partial charge in [-0.05, 0) is 24.5 Å². The highest BCUT2D eigenvalue weighted by Gasteiger charge is 2.30. The van der Waals surface area contributed by atoms with Crippen molar-refractivity contribution in [1.82, 2.24) is 39.1 Å². The van der Waals surface area contributed by atoms with Gasteiger partial charge in [0.05, 0.1) is 36.7 Å². The van der Waals surface area contributed by atoms with Crippen LogP contribution in [-0.4, -0.2) is 94.4 Å². The van der Waals surface area contributed by atoms with Crippen LogP contribution in [-0.2, 0) is 47.4 Å². The van der Waals surface area contributed by atoms with Gasteiger partial charge < -0.3 is 14.6 Å². The Morgan fingerprint density at radius 1 is 1.10 bits per heavy atom. The van der Waals surface area contributed by atoms with E-state index in [1.807, 2.05) is 22.8 Å². The molecule has 6 rings (SSSR count). The first-order chi connectivity index (χ1) is 19.4. The molecule has 1 fully saturated rings. The summed E-state index contributed by atoms with van der Waals surface area (Å²) < 4.78 is 35.9. The van der Waals surface area contributed by atoms with Gasteiger partial charge in [-0.3, -0.25) is 9.58 Å².